The summed E-state index contributed by atoms with van der Waals surface area (Å²) in [5.74, 6) is 0.648. The van der Waals surface area contributed by atoms with Gasteiger partial charge in [0, 0.05) is 33.0 Å². The summed E-state index contributed by atoms with van der Waals surface area (Å²) < 4.78 is 49.5. The summed E-state index contributed by atoms with van der Waals surface area (Å²) in [5, 5.41) is 0. The Morgan fingerprint density at radius 2 is 2.12 bits per heavy atom. The third-order valence-corrected chi connectivity index (χ3v) is 4.91. The molecule has 2 aliphatic rings. The minimum Gasteiger partial charge on any atom is -0.385 e. The zero-order valence-corrected chi connectivity index (χ0v) is 13.7. The van der Waals surface area contributed by atoms with Gasteiger partial charge in [-0.1, -0.05) is 0 Å². The Morgan fingerprint density at radius 1 is 1.38 bits per heavy atom. The van der Waals surface area contributed by atoms with Gasteiger partial charge in [0.05, 0.1) is 12.2 Å². The third-order valence-electron chi connectivity index (χ3n) is 4.91. The van der Waals surface area contributed by atoms with Crippen LogP contribution in [-0.2, 0) is 15.7 Å². The van der Waals surface area contributed by atoms with Gasteiger partial charge in [-0.05, 0) is 37.7 Å². The molecule has 1 aromatic heterocycles. The molecule has 0 amide bonds. The average Bonchev–Trinajstić information content (AvgIpc) is 2.96. The standard InChI is InChI=1S/C16H22F3N3O2/c1-23-9-3-12-10-15(24-11-12)4-7-22(8-5-15)14-20-6-2-13(21-14)16(17,18)19/h2,6,12H,3-5,7-11H2,1H3. The molecule has 8 heteroatoms. The van der Waals surface area contributed by atoms with E-state index in [1.165, 1.54) is 6.20 Å². The summed E-state index contributed by atoms with van der Waals surface area (Å²) in [5.41, 5.74) is -1.04. The first-order valence-electron chi connectivity index (χ1n) is 8.20. The fraction of sp³-hybridized carbons (Fsp3) is 0.750. The largest absolute Gasteiger partial charge is 0.433 e. The van der Waals surface area contributed by atoms with Crippen LogP contribution in [-0.4, -0.2) is 49.0 Å². The minimum absolute atomic E-state index is 0.142. The molecule has 0 aromatic carbocycles. The van der Waals surface area contributed by atoms with E-state index < -0.39 is 11.9 Å². The van der Waals surface area contributed by atoms with Crippen LogP contribution in [0, 0.1) is 5.92 Å². The van der Waals surface area contributed by atoms with E-state index in [-0.39, 0.29) is 11.5 Å². The van der Waals surface area contributed by atoms with Crippen LogP contribution in [0.3, 0.4) is 0 Å². The highest BCUT2D eigenvalue weighted by Crippen LogP contribution is 2.40. The maximum Gasteiger partial charge on any atom is 0.433 e. The summed E-state index contributed by atoms with van der Waals surface area (Å²) in [6, 6.07) is 0.898. The number of hydrogen-bond donors (Lipinski definition) is 0. The van der Waals surface area contributed by atoms with Gasteiger partial charge in [-0.25, -0.2) is 9.97 Å². The second-order valence-corrected chi connectivity index (χ2v) is 6.57. The lowest BCUT2D eigenvalue weighted by Crippen LogP contribution is -2.44. The molecule has 5 nitrogen and oxygen atoms in total. The highest BCUT2D eigenvalue weighted by molar-refractivity contribution is 5.32. The first-order valence-corrected chi connectivity index (χ1v) is 8.20. The predicted octanol–water partition coefficient (Wildman–Crippen LogP) is 2.91. The Hall–Kier alpha value is -1.41. The third kappa shape index (κ3) is 3.80. The molecule has 3 rings (SSSR count). The van der Waals surface area contributed by atoms with Gasteiger partial charge in [0.1, 0.15) is 5.69 Å². The normalized spacial score (nSPS) is 23.8. The lowest BCUT2D eigenvalue weighted by Gasteiger charge is -2.38. The Balaban J connectivity index is 1.60. The molecule has 0 aliphatic carbocycles. The number of ether oxygens (including phenoxy) is 2. The van der Waals surface area contributed by atoms with Crippen molar-refractivity contribution < 1.29 is 22.6 Å². The molecule has 0 N–H and O–H groups in total. The zero-order chi connectivity index (χ0) is 17.2. The molecule has 2 aliphatic heterocycles. The maximum atomic E-state index is 12.8. The molecule has 2 saturated heterocycles. The van der Waals surface area contributed by atoms with E-state index in [2.05, 4.69) is 9.97 Å². The first kappa shape index (κ1) is 17.4. The molecule has 1 atom stereocenters. The maximum absolute atomic E-state index is 12.8. The van der Waals surface area contributed by atoms with Crippen LogP contribution in [0.15, 0.2) is 12.3 Å². The van der Waals surface area contributed by atoms with Gasteiger partial charge in [0.2, 0.25) is 5.95 Å². The molecule has 24 heavy (non-hydrogen) atoms. The van der Waals surface area contributed by atoms with E-state index in [0.29, 0.717) is 19.0 Å². The Labute approximate surface area is 139 Å². The smallest absolute Gasteiger partial charge is 0.385 e. The summed E-state index contributed by atoms with van der Waals surface area (Å²) in [7, 11) is 1.69. The topological polar surface area (TPSA) is 47.5 Å². The van der Waals surface area contributed by atoms with Crippen LogP contribution in [0.4, 0.5) is 19.1 Å². The number of alkyl halides is 3. The van der Waals surface area contributed by atoms with Crippen molar-refractivity contribution in [1.29, 1.82) is 0 Å². The fourth-order valence-corrected chi connectivity index (χ4v) is 3.53. The van der Waals surface area contributed by atoms with E-state index in [4.69, 9.17) is 9.47 Å². The second kappa shape index (κ2) is 6.84. The summed E-state index contributed by atoms with van der Waals surface area (Å²) >= 11 is 0. The van der Waals surface area contributed by atoms with Crippen molar-refractivity contribution in [2.45, 2.75) is 37.5 Å². The predicted molar refractivity (Wildman–Crippen MR) is 81.8 cm³/mol. The fourth-order valence-electron chi connectivity index (χ4n) is 3.53. The van der Waals surface area contributed by atoms with Crippen LogP contribution in [0.25, 0.3) is 0 Å². The van der Waals surface area contributed by atoms with E-state index >= 15 is 0 Å². The van der Waals surface area contributed by atoms with Gasteiger partial charge >= 0.3 is 6.18 Å². The quantitative estimate of drug-likeness (QED) is 0.840. The number of nitrogens with zero attached hydrogens (tertiary/aromatic N) is 3. The highest BCUT2D eigenvalue weighted by Gasteiger charge is 2.43. The van der Waals surface area contributed by atoms with E-state index in [1.54, 1.807) is 7.11 Å². The minimum atomic E-state index is -4.45. The van der Waals surface area contributed by atoms with Crippen molar-refractivity contribution >= 4 is 5.95 Å². The van der Waals surface area contributed by atoms with Gasteiger partial charge in [-0.15, -0.1) is 0 Å². The summed E-state index contributed by atoms with van der Waals surface area (Å²) in [6.07, 6.45) is 0.277. The van der Waals surface area contributed by atoms with E-state index in [1.807, 2.05) is 4.90 Å². The number of rotatable bonds is 4. The molecular weight excluding hydrogens is 323 g/mol. The van der Waals surface area contributed by atoms with Gasteiger partial charge in [0.25, 0.3) is 0 Å². The molecule has 0 radical (unpaired) electrons. The number of aromatic nitrogens is 2. The lowest BCUT2D eigenvalue weighted by atomic mass is 9.84. The molecule has 2 fully saturated rings. The zero-order valence-electron chi connectivity index (χ0n) is 13.7. The number of piperidine rings is 1. The molecule has 3 heterocycles. The Bertz CT molecular complexity index is 560. The molecule has 1 aromatic rings. The SMILES string of the molecule is COCCC1COC2(CCN(c3nccc(C(F)(F)F)n3)CC2)C1. The van der Waals surface area contributed by atoms with Crippen LogP contribution >= 0.6 is 0 Å². The number of halogens is 3. The molecule has 0 saturated carbocycles. The van der Waals surface area contributed by atoms with E-state index in [0.717, 1.165) is 45.0 Å². The van der Waals surface area contributed by atoms with Crippen molar-refractivity contribution in [3.8, 4) is 0 Å². The highest BCUT2D eigenvalue weighted by atomic mass is 19.4. The Kier molecular flexibility index (Phi) is 4.96. The van der Waals surface area contributed by atoms with Crippen LogP contribution < -0.4 is 4.90 Å². The van der Waals surface area contributed by atoms with Crippen molar-refractivity contribution in [2.24, 2.45) is 5.92 Å². The molecule has 1 unspecified atom stereocenters. The molecular formula is C16H22F3N3O2. The summed E-state index contributed by atoms with van der Waals surface area (Å²) in [4.78, 5) is 9.49. The summed E-state index contributed by atoms with van der Waals surface area (Å²) in [6.45, 7) is 2.69. The average molecular weight is 345 g/mol. The molecule has 1 spiro atoms. The molecule has 134 valence electrons. The van der Waals surface area contributed by atoms with Crippen LogP contribution in [0.1, 0.15) is 31.4 Å². The van der Waals surface area contributed by atoms with Gasteiger partial charge < -0.3 is 14.4 Å². The lowest BCUT2D eigenvalue weighted by molar-refractivity contribution is -0.141. The van der Waals surface area contributed by atoms with Gasteiger partial charge in [-0.2, -0.15) is 13.2 Å². The number of hydrogen-bond acceptors (Lipinski definition) is 5. The number of methoxy groups -OCH3 is 1. The van der Waals surface area contributed by atoms with Crippen LogP contribution in [0.2, 0.25) is 0 Å². The molecule has 0 bridgehead atoms. The van der Waals surface area contributed by atoms with Crippen molar-refractivity contribution in [3.05, 3.63) is 18.0 Å². The second-order valence-electron chi connectivity index (χ2n) is 6.57. The number of anilines is 1. The van der Waals surface area contributed by atoms with Gasteiger partial charge in [0.15, 0.2) is 0 Å². The van der Waals surface area contributed by atoms with Crippen LogP contribution in [0.5, 0.6) is 0 Å². The Morgan fingerprint density at radius 3 is 2.79 bits per heavy atom. The van der Waals surface area contributed by atoms with Crippen molar-refractivity contribution in [1.82, 2.24) is 9.97 Å². The monoisotopic (exact) mass is 345 g/mol. The van der Waals surface area contributed by atoms with Gasteiger partial charge in [-0.3, -0.25) is 0 Å². The first-order chi connectivity index (χ1) is 11.4. The van der Waals surface area contributed by atoms with Crippen molar-refractivity contribution in [3.63, 3.8) is 0 Å². The van der Waals surface area contributed by atoms with Crippen molar-refractivity contribution in [2.75, 3.05) is 38.3 Å². The van der Waals surface area contributed by atoms with E-state index in [9.17, 15) is 13.2 Å².